The molecule has 1 heterocycles. The molecule has 0 radical (unpaired) electrons. The Morgan fingerprint density at radius 3 is 2.55 bits per heavy atom. The van der Waals surface area contributed by atoms with E-state index in [9.17, 15) is 0 Å². The lowest BCUT2D eigenvalue weighted by molar-refractivity contribution is 0.0383. The molecule has 0 aromatic carbocycles. The first kappa shape index (κ1) is 15.4. The normalized spacial score (nSPS) is 27.1. The first-order valence-electron chi connectivity index (χ1n) is 7.94. The fraction of sp³-hybridized carbons (Fsp3) is 0.867. The predicted octanol–water partition coefficient (Wildman–Crippen LogP) is 1.93. The number of aromatic nitrogens is 3. The minimum absolute atomic E-state index is 0.165. The molecule has 0 atom stereocenters. The summed E-state index contributed by atoms with van der Waals surface area (Å²) < 4.78 is 1.77. The lowest BCUT2D eigenvalue weighted by Crippen LogP contribution is -2.55. The van der Waals surface area contributed by atoms with Crippen LogP contribution in [0.4, 0.5) is 0 Å². The number of rotatable bonds is 6. The molecule has 1 fully saturated rings. The molecule has 1 aromatic heterocycles. The van der Waals surface area contributed by atoms with Gasteiger partial charge in [0.1, 0.15) is 0 Å². The van der Waals surface area contributed by atoms with E-state index in [0.29, 0.717) is 0 Å². The molecule has 1 saturated carbocycles. The van der Waals surface area contributed by atoms with Crippen LogP contribution < -0.4 is 5.73 Å². The van der Waals surface area contributed by atoms with Crippen LogP contribution in [-0.2, 0) is 13.6 Å². The predicted molar refractivity (Wildman–Crippen MR) is 81.1 cm³/mol. The molecular formula is C15H29N5. The number of hydrogen-bond donors (Lipinski definition) is 1. The Bertz CT molecular complexity index is 406. The Kier molecular flexibility index (Phi) is 5.16. The van der Waals surface area contributed by atoms with Crippen LogP contribution in [0.1, 0.15) is 51.6 Å². The van der Waals surface area contributed by atoms with Crippen molar-refractivity contribution >= 4 is 0 Å². The molecule has 1 aliphatic carbocycles. The average Bonchev–Trinajstić information content (AvgIpc) is 2.90. The highest BCUT2D eigenvalue weighted by atomic mass is 15.4. The summed E-state index contributed by atoms with van der Waals surface area (Å²) in [6.07, 6.45) is 8.36. The molecule has 114 valence electrons. The summed E-state index contributed by atoms with van der Waals surface area (Å²) in [5.74, 6) is 0.893. The van der Waals surface area contributed by atoms with Crippen LogP contribution in [0, 0.1) is 5.92 Å². The second-order valence-corrected chi connectivity index (χ2v) is 6.18. The molecule has 0 amide bonds. The number of hydrogen-bond acceptors (Lipinski definition) is 4. The largest absolute Gasteiger partial charge is 0.329 e. The van der Waals surface area contributed by atoms with Gasteiger partial charge < -0.3 is 5.73 Å². The van der Waals surface area contributed by atoms with E-state index in [1.807, 2.05) is 13.2 Å². The van der Waals surface area contributed by atoms with Gasteiger partial charge in [0.05, 0.1) is 5.69 Å². The summed E-state index contributed by atoms with van der Waals surface area (Å²) in [6.45, 7) is 7.15. The average molecular weight is 279 g/mol. The molecule has 0 bridgehead atoms. The topological polar surface area (TPSA) is 60.0 Å². The van der Waals surface area contributed by atoms with E-state index in [2.05, 4.69) is 29.1 Å². The first-order valence-corrected chi connectivity index (χ1v) is 7.94. The number of aryl methyl sites for hydroxylation is 1. The Morgan fingerprint density at radius 2 is 2.10 bits per heavy atom. The summed E-state index contributed by atoms with van der Waals surface area (Å²) in [7, 11) is 1.91. The summed E-state index contributed by atoms with van der Waals surface area (Å²) in [4.78, 5) is 2.52. The van der Waals surface area contributed by atoms with Gasteiger partial charge >= 0.3 is 0 Å². The molecule has 20 heavy (non-hydrogen) atoms. The summed E-state index contributed by atoms with van der Waals surface area (Å²) in [5.41, 5.74) is 7.38. The van der Waals surface area contributed by atoms with Crippen molar-refractivity contribution in [2.75, 3.05) is 13.1 Å². The zero-order valence-electron chi connectivity index (χ0n) is 13.2. The Hall–Kier alpha value is -0.940. The van der Waals surface area contributed by atoms with Crippen molar-refractivity contribution in [2.45, 2.75) is 58.0 Å². The van der Waals surface area contributed by atoms with E-state index in [1.165, 1.54) is 32.1 Å². The summed E-state index contributed by atoms with van der Waals surface area (Å²) in [5, 5.41) is 8.26. The zero-order chi connectivity index (χ0) is 14.6. The van der Waals surface area contributed by atoms with Crippen molar-refractivity contribution < 1.29 is 0 Å². The molecule has 5 nitrogen and oxygen atoms in total. The molecule has 1 aromatic rings. The van der Waals surface area contributed by atoms with Gasteiger partial charge in [0.25, 0.3) is 0 Å². The second kappa shape index (κ2) is 6.68. The van der Waals surface area contributed by atoms with Crippen molar-refractivity contribution in [3.05, 3.63) is 11.9 Å². The van der Waals surface area contributed by atoms with Gasteiger partial charge in [-0.15, -0.1) is 5.10 Å². The van der Waals surface area contributed by atoms with Crippen LogP contribution in [0.3, 0.4) is 0 Å². The van der Waals surface area contributed by atoms with E-state index in [0.717, 1.165) is 31.2 Å². The van der Waals surface area contributed by atoms with Crippen LogP contribution in [0.25, 0.3) is 0 Å². The van der Waals surface area contributed by atoms with Crippen molar-refractivity contribution in [3.8, 4) is 0 Å². The highest BCUT2D eigenvalue weighted by Crippen LogP contribution is 2.37. The standard InChI is InChI=1S/C15H29N5/c1-4-13-6-8-15(12-16,9-7-13)20(5-2)11-14-10-19(3)18-17-14/h10,13H,4-9,11-12,16H2,1-3H3. The molecule has 0 unspecified atom stereocenters. The van der Waals surface area contributed by atoms with Crippen LogP contribution in [0.15, 0.2) is 6.20 Å². The SMILES string of the molecule is CCC1CCC(CN)(N(CC)Cc2cn(C)nn2)CC1. The van der Waals surface area contributed by atoms with Crippen LogP contribution in [0.2, 0.25) is 0 Å². The quantitative estimate of drug-likeness (QED) is 0.864. The highest BCUT2D eigenvalue weighted by molar-refractivity contribution is 5.00. The smallest absolute Gasteiger partial charge is 0.0967 e. The van der Waals surface area contributed by atoms with Gasteiger partial charge in [-0.3, -0.25) is 9.58 Å². The maximum Gasteiger partial charge on any atom is 0.0967 e. The van der Waals surface area contributed by atoms with Gasteiger partial charge in [-0.05, 0) is 38.1 Å². The van der Waals surface area contributed by atoms with Crippen molar-refractivity contribution in [1.29, 1.82) is 0 Å². The van der Waals surface area contributed by atoms with E-state index in [-0.39, 0.29) is 5.54 Å². The van der Waals surface area contributed by atoms with E-state index in [4.69, 9.17) is 5.73 Å². The Labute approximate surface area is 122 Å². The van der Waals surface area contributed by atoms with Gasteiger partial charge in [0, 0.05) is 31.9 Å². The third kappa shape index (κ3) is 3.20. The number of likely N-dealkylation sites (N-methyl/N-ethyl adjacent to an activating group) is 1. The van der Waals surface area contributed by atoms with Gasteiger partial charge in [0.15, 0.2) is 0 Å². The molecule has 2 N–H and O–H groups in total. The minimum Gasteiger partial charge on any atom is -0.329 e. The van der Waals surface area contributed by atoms with Crippen LogP contribution in [0.5, 0.6) is 0 Å². The Morgan fingerprint density at radius 1 is 1.40 bits per heavy atom. The molecule has 2 rings (SSSR count). The van der Waals surface area contributed by atoms with E-state index >= 15 is 0 Å². The van der Waals surface area contributed by atoms with Gasteiger partial charge in [-0.25, -0.2) is 0 Å². The molecular weight excluding hydrogens is 250 g/mol. The maximum absolute atomic E-state index is 6.18. The van der Waals surface area contributed by atoms with Crippen molar-refractivity contribution in [1.82, 2.24) is 19.9 Å². The highest BCUT2D eigenvalue weighted by Gasteiger charge is 2.38. The van der Waals surface area contributed by atoms with Gasteiger partial charge in [-0.2, -0.15) is 0 Å². The van der Waals surface area contributed by atoms with Crippen molar-refractivity contribution in [3.63, 3.8) is 0 Å². The zero-order valence-corrected chi connectivity index (χ0v) is 13.2. The van der Waals surface area contributed by atoms with Gasteiger partial charge in [0.2, 0.25) is 0 Å². The lowest BCUT2D eigenvalue weighted by atomic mass is 9.74. The molecule has 1 aliphatic rings. The molecule has 5 heteroatoms. The molecule has 0 spiro atoms. The first-order chi connectivity index (χ1) is 9.63. The molecule has 0 aliphatic heterocycles. The van der Waals surface area contributed by atoms with E-state index in [1.54, 1.807) is 4.68 Å². The number of nitrogens with two attached hydrogens (primary N) is 1. The maximum atomic E-state index is 6.18. The monoisotopic (exact) mass is 279 g/mol. The number of nitrogens with zero attached hydrogens (tertiary/aromatic N) is 4. The van der Waals surface area contributed by atoms with Gasteiger partial charge in [-0.1, -0.05) is 25.5 Å². The molecule has 0 saturated heterocycles. The third-order valence-electron chi connectivity index (χ3n) is 5.05. The summed E-state index contributed by atoms with van der Waals surface area (Å²) in [6, 6.07) is 0. The Balaban J connectivity index is 2.07. The fourth-order valence-corrected chi connectivity index (χ4v) is 3.55. The lowest BCUT2D eigenvalue weighted by Gasteiger charge is -2.47. The second-order valence-electron chi connectivity index (χ2n) is 6.18. The fourth-order valence-electron chi connectivity index (χ4n) is 3.55. The minimum atomic E-state index is 0.165. The third-order valence-corrected chi connectivity index (χ3v) is 5.05. The van der Waals surface area contributed by atoms with Crippen molar-refractivity contribution in [2.24, 2.45) is 18.7 Å². The summed E-state index contributed by atoms with van der Waals surface area (Å²) >= 11 is 0. The van der Waals surface area contributed by atoms with E-state index < -0.39 is 0 Å². The van der Waals surface area contributed by atoms with Crippen LogP contribution >= 0.6 is 0 Å². The van der Waals surface area contributed by atoms with Crippen LogP contribution in [-0.4, -0.2) is 38.5 Å².